The minimum atomic E-state index is 0.440. The van der Waals surface area contributed by atoms with Crippen molar-refractivity contribution in [3.63, 3.8) is 0 Å². The van der Waals surface area contributed by atoms with Gasteiger partial charge in [0.05, 0.1) is 11.4 Å². The zero-order valence-electron chi connectivity index (χ0n) is 15.9. The Hall–Kier alpha value is -3.37. The lowest BCUT2D eigenvalue weighted by atomic mass is 10.1. The fourth-order valence-corrected chi connectivity index (χ4v) is 3.23. The molecule has 0 saturated carbocycles. The number of aryl methyl sites for hydroxylation is 1. The van der Waals surface area contributed by atoms with Crippen molar-refractivity contribution in [2.24, 2.45) is 12.8 Å². The standard InChI is InChI=1S/C24H23N3O/c1-27-22(15-21(16-25)26-27)12-11-19-13-20-9-5-6-10-23(20)24(14-19)28-17-18-7-3-2-4-8-18/h2-15H,16-17,25H2,1H3/b12-11+. The van der Waals surface area contributed by atoms with E-state index in [0.717, 1.165) is 39.0 Å². The van der Waals surface area contributed by atoms with Crippen LogP contribution in [0.5, 0.6) is 5.75 Å². The van der Waals surface area contributed by atoms with E-state index in [1.54, 1.807) is 0 Å². The molecule has 4 rings (SSSR count). The van der Waals surface area contributed by atoms with Crippen molar-refractivity contribution in [2.75, 3.05) is 0 Å². The molecule has 2 N–H and O–H groups in total. The van der Waals surface area contributed by atoms with Crippen LogP contribution < -0.4 is 10.5 Å². The van der Waals surface area contributed by atoms with Crippen molar-refractivity contribution >= 4 is 22.9 Å². The summed E-state index contributed by atoms with van der Waals surface area (Å²) in [6.45, 7) is 0.981. The van der Waals surface area contributed by atoms with Crippen LogP contribution in [0.3, 0.4) is 0 Å². The molecule has 0 spiro atoms. The molecule has 4 heteroatoms. The number of nitrogens with zero attached hydrogens (tertiary/aromatic N) is 2. The van der Waals surface area contributed by atoms with E-state index in [2.05, 4.69) is 53.6 Å². The molecule has 4 aromatic rings. The van der Waals surface area contributed by atoms with Crippen LogP contribution in [-0.2, 0) is 20.2 Å². The number of hydrogen-bond acceptors (Lipinski definition) is 3. The van der Waals surface area contributed by atoms with Crippen LogP contribution in [0.25, 0.3) is 22.9 Å². The second-order valence-electron chi connectivity index (χ2n) is 6.74. The summed E-state index contributed by atoms with van der Waals surface area (Å²) >= 11 is 0. The Morgan fingerprint density at radius 3 is 2.54 bits per heavy atom. The predicted molar refractivity (Wildman–Crippen MR) is 115 cm³/mol. The molecule has 140 valence electrons. The minimum absolute atomic E-state index is 0.440. The summed E-state index contributed by atoms with van der Waals surface area (Å²) in [5.41, 5.74) is 9.81. The monoisotopic (exact) mass is 369 g/mol. The third kappa shape index (κ3) is 3.97. The summed E-state index contributed by atoms with van der Waals surface area (Å²) in [4.78, 5) is 0. The molecule has 0 radical (unpaired) electrons. The van der Waals surface area contributed by atoms with Crippen molar-refractivity contribution in [1.82, 2.24) is 9.78 Å². The van der Waals surface area contributed by atoms with Gasteiger partial charge in [-0.05, 0) is 40.8 Å². The lowest BCUT2D eigenvalue weighted by Gasteiger charge is -2.11. The number of hydrogen-bond donors (Lipinski definition) is 1. The highest BCUT2D eigenvalue weighted by atomic mass is 16.5. The lowest BCUT2D eigenvalue weighted by molar-refractivity contribution is 0.310. The molecule has 1 aromatic heterocycles. The molecule has 3 aromatic carbocycles. The van der Waals surface area contributed by atoms with E-state index in [4.69, 9.17) is 10.5 Å². The fourth-order valence-electron chi connectivity index (χ4n) is 3.23. The molecule has 0 bridgehead atoms. The van der Waals surface area contributed by atoms with Gasteiger partial charge in [0.25, 0.3) is 0 Å². The first-order valence-electron chi connectivity index (χ1n) is 9.33. The van der Waals surface area contributed by atoms with Crippen molar-refractivity contribution < 1.29 is 4.74 Å². The molecule has 0 aliphatic heterocycles. The second kappa shape index (κ2) is 8.11. The van der Waals surface area contributed by atoms with E-state index >= 15 is 0 Å². The normalized spacial score (nSPS) is 11.4. The molecule has 0 unspecified atom stereocenters. The Labute approximate surface area is 164 Å². The summed E-state index contributed by atoms with van der Waals surface area (Å²) in [6, 6.07) is 24.8. The molecule has 4 nitrogen and oxygen atoms in total. The van der Waals surface area contributed by atoms with Crippen LogP contribution in [-0.4, -0.2) is 9.78 Å². The van der Waals surface area contributed by atoms with Crippen LogP contribution >= 0.6 is 0 Å². The summed E-state index contributed by atoms with van der Waals surface area (Å²) in [5.74, 6) is 0.884. The van der Waals surface area contributed by atoms with Gasteiger partial charge in [-0.3, -0.25) is 4.68 Å². The first-order chi connectivity index (χ1) is 13.7. The number of ether oxygens (including phenoxy) is 1. The number of rotatable bonds is 6. The highest BCUT2D eigenvalue weighted by Gasteiger charge is 2.06. The molecule has 0 atom stereocenters. The summed E-state index contributed by atoms with van der Waals surface area (Å²) in [7, 11) is 1.92. The first kappa shape index (κ1) is 18.0. The Balaban J connectivity index is 1.65. The number of aromatic nitrogens is 2. The van der Waals surface area contributed by atoms with Gasteiger partial charge in [0.2, 0.25) is 0 Å². The molecule has 0 fully saturated rings. The average molecular weight is 369 g/mol. The quantitative estimate of drug-likeness (QED) is 0.532. The molecule has 0 aliphatic rings. The van der Waals surface area contributed by atoms with Gasteiger partial charge >= 0.3 is 0 Å². The van der Waals surface area contributed by atoms with Crippen molar-refractivity contribution in [1.29, 1.82) is 0 Å². The summed E-state index contributed by atoms with van der Waals surface area (Å²) in [5, 5.41) is 6.65. The third-order valence-electron chi connectivity index (χ3n) is 4.71. The second-order valence-corrected chi connectivity index (χ2v) is 6.74. The Morgan fingerprint density at radius 1 is 0.964 bits per heavy atom. The lowest BCUT2D eigenvalue weighted by Crippen LogP contribution is -1.98. The van der Waals surface area contributed by atoms with Gasteiger partial charge in [-0.2, -0.15) is 5.10 Å². The maximum Gasteiger partial charge on any atom is 0.128 e. The zero-order valence-corrected chi connectivity index (χ0v) is 15.9. The molecular formula is C24H23N3O. The van der Waals surface area contributed by atoms with Gasteiger partial charge in [-0.25, -0.2) is 0 Å². The minimum Gasteiger partial charge on any atom is -0.488 e. The first-order valence-corrected chi connectivity index (χ1v) is 9.33. The van der Waals surface area contributed by atoms with Crippen LogP contribution in [0.15, 0.2) is 72.8 Å². The van der Waals surface area contributed by atoms with Gasteiger partial charge in [-0.1, -0.05) is 60.7 Å². The smallest absolute Gasteiger partial charge is 0.128 e. The predicted octanol–water partition coefficient (Wildman–Crippen LogP) is 4.78. The summed E-state index contributed by atoms with van der Waals surface area (Å²) < 4.78 is 8.02. The van der Waals surface area contributed by atoms with Gasteiger partial charge in [0.15, 0.2) is 0 Å². The Kier molecular flexibility index (Phi) is 5.22. The Bertz CT molecular complexity index is 1110. The zero-order chi connectivity index (χ0) is 19.3. The molecule has 0 amide bonds. The van der Waals surface area contributed by atoms with Crippen LogP contribution in [0, 0.1) is 0 Å². The van der Waals surface area contributed by atoms with E-state index in [-0.39, 0.29) is 0 Å². The van der Waals surface area contributed by atoms with Gasteiger partial charge < -0.3 is 10.5 Å². The molecule has 28 heavy (non-hydrogen) atoms. The van der Waals surface area contributed by atoms with Crippen LogP contribution in [0.1, 0.15) is 22.5 Å². The topological polar surface area (TPSA) is 53.1 Å². The SMILES string of the molecule is Cn1nc(CN)cc1/C=C/c1cc(OCc2ccccc2)c2ccccc2c1. The van der Waals surface area contributed by atoms with E-state index < -0.39 is 0 Å². The van der Waals surface area contributed by atoms with E-state index in [9.17, 15) is 0 Å². The molecular weight excluding hydrogens is 346 g/mol. The highest BCUT2D eigenvalue weighted by molar-refractivity contribution is 5.91. The maximum atomic E-state index is 6.18. The maximum absolute atomic E-state index is 6.18. The van der Waals surface area contributed by atoms with Crippen molar-refractivity contribution in [2.45, 2.75) is 13.2 Å². The van der Waals surface area contributed by atoms with E-state index in [0.29, 0.717) is 13.2 Å². The van der Waals surface area contributed by atoms with E-state index in [1.807, 2.05) is 48.1 Å². The third-order valence-corrected chi connectivity index (χ3v) is 4.71. The molecule has 0 saturated heterocycles. The molecule has 1 heterocycles. The Morgan fingerprint density at radius 2 is 1.75 bits per heavy atom. The number of nitrogens with two attached hydrogens (primary N) is 1. The average Bonchev–Trinajstić information content (AvgIpc) is 3.11. The molecule has 0 aliphatic carbocycles. The number of fused-ring (bicyclic) bond motifs is 1. The number of benzene rings is 3. The highest BCUT2D eigenvalue weighted by Crippen LogP contribution is 2.29. The van der Waals surface area contributed by atoms with Crippen LogP contribution in [0.4, 0.5) is 0 Å². The van der Waals surface area contributed by atoms with Gasteiger partial charge in [-0.15, -0.1) is 0 Å². The van der Waals surface area contributed by atoms with Gasteiger partial charge in [0.1, 0.15) is 12.4 Å². The largest absolute Gasteiger partial charge is 0.488 e. The van der Waals surface area contributed by atoms with Crippen LogP contribution in [0.2, 0.25) is 0 Å². The van der Waals surface area contributed by atoms with E-state index in [1.165, 1.54) is 0 Å². The van der Waals surface area contributed by atoms with Crippen molar-refractivity contribution in [3.05, 3.63) is 95.3 Å². The van der Waals surface area contributed by atoms with Gasteiger partial charge in [0, 0.05) is 19.0 Å². The fraction of sp³-hybridized carbons (Fsp3) is 0.125. The van der Waals surface area contributed by atoms with Crippen molar-refractivity contribution in [3.8, 4) is 5.75 Å². The summed E-state index contributed by atoms with van der Waals surface area (Å²) in [6.07, 6.45) is 4.14.